The van der Waals surface area contributed by atoms with E-state index >= 15 is 0 Å². The van der Waals surface area contributed by atoms with Crippen LogP contribution in [-0.2, 0) is 26.2 Å². The highest BCUT2D eigenvalue weighted by atomic mass is 16.8. The Morgan fingerprint density at radius 2 is 1.81 bits per heavy atom. The van der Waals surface area contributed by atoms with Crippen molar-refractivity contribution in [2.75, 3.05) is 43.7 Å². The van der Waals surface area contributed by atoms with Gasteiger partial charge >= 0.3 is 0 Å². The van der Waals surface area contributed by atoms with Crippen LogP contribution in [0.1, 0.15) is 97.7 Å². The molecule has 1 aliphatic heterocycles. The van der Waals surface area contributed by atoms with Crippen molar-refractivity contribution in [2.24, 2.45) is 17.8 Å². The van der Waals surface area contributed by atoms with Crippen molar-refractivity contribution in [1.29, 1.82) is 0 Å². The number of carbonyl (C=O) groups is 1. The van der Waals surface area contributed by atoms with Crippen LogP contribution in [0, 0.1) is 17.8 Å². The smallest absolute Gasteiger partial charge is 0.224 e. The molecule has 4 unspecified atom stereocenters. The van der Waals surface area contributed by atoms with Gasteiger partial charge in [0, 0.05) is 55.8 Å². The molecule has 12 heteroatoms. The zero-order valence-electron chi connectivity index (χ0n) is 35.3. The molecule has 4 N–H and O–H groups in total. The monoisotopic (exact) mass is 781 g/mol. The van der Waals surface area contributed by atoms with E-state index in [0.29, 0.717) is 48.1 Å². The summed E-state index contributed by atoms with van der Waals surface area (Å²) in [6.07, 6.45) is 8.16. The lowest BCUT2D eigenvalue weighted by Crippen LogP contribution is -2.49. The van der Waals surface area contributed by atoms with Gasteiger partial charge in [-0.05, 0) is 92.7 Å². The second-order valence-corrected chi connectivity index (χ2v) is 18.3. The summed E-state index contributed by atoms with van der Waals surface area (Å²) in [6, 6.07) is 14.4. The first-order valence-electron chi connectivity index (χ1n) is 20.7. The number of anilines is 3. The molecule has 3 aliphatic rings. The van der Waals surface area contributed by atoms with Gasteiger partial charge in [0.2, 0.25) is 5.91 Å². The molecule has 2 aliphatic carbocycles. The number of nitrogens with zero attached hydrogens (tertiary/aromatic N) is 4. The van der Waals surface area contributed by atoms with E-state index in [4.69, 9.17) is 29.7 Å². The van der Waals surface area contributed by atoms with E-state index in [0.717, 1.165) is 78.2 Å². The summed E-state index contributed by atoms with van der Waals surface area (Å²) >= 11 is 0. The van der Waals surface area contributed by atoms with Crippen molar-refractivity contribution in [3.63, 3.8) is 0 Å². The summed E-state index contributed by atoms with van der Waals surface area (Å²) in [5.41, 5.74) is 10.7. The third-order valence-corrected chi connectivity index (χ3v) is 12.1. The van der Waals surface area contributed by atoms with Crippen molar-refractivity contribution < 1.29 is 23.7 Å². The summed E-state index contributed by atoms with van der Waals surface area (Å²) in [5, 5.41) is 7.54. The molecule has 3 fully saturated rings. The fraction of sp³-hybridized carbons (Fsp3) is 0.578. The van der Waals surface area contributed by atoms with Gasteiger partial charge in [-0.3, -0.25) is 9.69 Å². The average molecular weight is 782 g/mol. The van der Waals surface area contributed by atoms with E-state index in [9.17, 15) is 4.79 Å². The summed E-state index contributed by atoms with van der Waals surface area (Å²) in [4.78, 5) is 25.1. The maximum atomic E-state index is 13.0. The number of aromatic nitrogens is 3. The van der Waals surface area contributed by atoms with Crippen LogP contribution in [-0.4, -0.2) is 76.7 Å². The lowest BCUT2D eigenvalue weighted by atomic mass is 9.76. The standard InChI is InChI=1S/C45H63N7O5/c1-27(2)24-51(32-18-28(19-32)10-15-39(53)50-36-14-12-31(21-35(36)46)44(3,4)5)25-30-20-37(41-40(30)56-45(6,7)57-41)52-17-16-34-42(48-26-49-43(34)52)47-23-29-11-13-33(54-8)22-38(29)55-9/h11-14,16-17,21-22,26-28,30,32,37,40-41H,10,15,18-20,23-25,46H2,1-9H3,(H,50,53)(H,47,48,49). The van der Waals surface area contributed by atoms with Crippen molar-refractivity contribution in [3.05, 3.63) is 66.1 Å². The van der Waals surface area contributed by atoms with Crippen LogP contribution in [0.2, 0.25) is 0 Å². The van der Waals surface area contributed by atoms with Crippen LogP contribution in [0.4, 0.5) is 17.2 Å². The van der Waals surface area contributed by atoms with E-state index in [1.807, 2.05) is 44.2 Å². The number of amides is 1. The van der Waals surface area contributed by atoms with Crippen LogP contribution >= 0.6 is 0 Å². The molecule has 3 heterocycles. The highest BCUT2D eigenvalue weighted by molar-refractivity contribution is 5.94. The molecule has 308 valence electrons. The minimum absolute atomic E-state index is 0.00147. The van der Waals surface area contributed by atoms with E-state index in [-0.39, 0.29) is 29.6 Å². The second-order valence-electron chi connectivity index (χ2n) is 18.3. The molecule has 12 nitrogen and oxygen atoms in total. The number of hydrogen-bond donors (Lipinski definition) is 3. The number of ether oxygens (including phenoxy) is 4. The molecule has 2 saturated carbocycles. The summed E-state index contributed by atoms with van der Waals surface area (Å²) in [5.74, 6) is 2.99. The van der Waals surface area contributed by atoms with E-state index in [1.165, 1.54) is 0 Å². The molecule has 4 atom stereocenters. The van der Waals surface area contributed by atoms with Crippen molar-refractivity contribution >= 4 is 34.1 Å². The number of methoxy groups -OCH3 is 2. The third kappa shape index (κ3) is 9.03. The van der Waals surface area contributed by atoms with Gasteiger partial charge in [0.25, 0.3) is 0 Å². The number of nitrogens with two attached hydrogens (primary N) is 1. The van der Waals surface area contributed by atoms with E-state index in [1.54, 1.807) is 20.5 Å². The number of hydrogen-bond acceptors (Lipinski definition) is 10. The molecular formula is C45H63N7O5. The Morgan fingerprint density at radius 1 is 1.04 bits per heavy atom. The van der Waals surface area contributed by atoms with Crippen molar-refractivity contribution in [2.45, 2.75) is 123 Å². The van der Waals surface area contributed by atoms with Gasteiger partial charge in [0.05, 0.1) is 43.1 Å². The van der Waals surface area contributed by atoms with Crippen LogP contribution in [0.3, 0.4) is 0 Å². The van der Waals surface area contributed by atoms with Crippen LogP contribution < -0.4 is 25.8 Å². The second kappa shape index (κ2) is 16.5. The van der Waals surface area contributed by atoms with E-state index < -0.39 is 5.79 Å². The SMILES string of the molecule is COc1ccc(CNc2ncnc3c2ccn3C2CC(CN(CC(C)C)C3CC(CCC(=O)Nc4ccc(C(C)(C)C)cc4N)C3)C3OC(C)(C)OC32)c(OC)c1. The molecule has 0 bridgehead atoms. The van der Waals surface area contributed by atoms with Crippen LogP contribution in [0.25, 0.3) is 11.0 Å². The predicted octanol–water partition coefficient (Wildman–Crippen LogP) is 8.18. The van der Waals surface area contributed by atoms with Gasteiger partial charge in [0.15, 0.2) is 5.79 Å². The molecule has 2 aromatic heterocycles. The third-order valence-electron chi connectivity index (χ3n) is 12.1. The Kier molecular flexibility index (Phi) is 11.8. The lowest BCUT2D eigenvalue weighted by Gasteiger charge is -2.45. The number of rotatable bonds is 15. The van der Waals surface area contributed by atoms with Gasteiger partial charge in [-0.1, -0.05) is 40.7 Å². The van der Waals surface area contributed by atoms with Gasteiger partial charge in [0.1, 0.15) is 35.4 Å². The minimum Gasteiger partial charge on any atom is -0.497 e. The number of carbonyl (C=O) groups excluding carboxylic acids is 1. The highest BCUT2D eigenvalue weighted by Crippen LogP contribution is 2.49. The molecule has 0 radical (unpaired) electrons. The Balaban J connectivity index is 0.995. The van der Waals surface area contributed by atoms with Gasteiger partial charge in [-0.25, -0.2) is 9.97 Å². The summed E-state index contributed by atoms with van der Waals surface area (Å²) in [7, 11) is 3.32. The fourth-order valence-electron chi connectivity index (χ4n) is 9.13. The van der Waals surface area contributed by atoms with Crippen molar-refractivity contribution in [1.82, 2.24) is 19.4 Å². The van der Waals surface area contributed by atoms with Gasteiger partial charge in [-0.2, -0.15) is 0 Å². The minimum atomic E-state index is -0.668. The Morgan fingerprint density at radius 3 is 2.51 bits per heavy atom. The topological polar surface area (TPSA) is 138 Å². The average Bonchev–Trinajstić information content (AvgIpc) is 3.81. The molecule has 2 aromatic carbocycles. The van der Waals surface area contributed by atoms with Crippen molar-refractivity contribution in [3.8, 4) is 11.5 Å². The predicted molar refractivity (Wildman–Crippen MR) is 226 cm³/mol. The summed E-state index contributed by atoms with van der Waals surface area (Å²) in [6.45, 7) is 17.6. The van der Waals surface area contributed by atoms with Crippen LogP contribution in [0.5, 0.6) is 11.5 Å². The van der Waals surface area contributed by atoms with Gasteiger partial charge < -0.3 is 39.9 Å². The van der Waals surface area contributed by atoms with E-state index in [2.05, 4.69) is 78.0 Å². The quantitative estimate of drug-likeness (QED) is 0.101. The zero-order valence-corrected chi connectivity index (χ0v) is 35.3. The zero-order chi connectivity index (χ0) is 40.6. The first-order valence-corrected chi connectivity index (χ1v) is 20.7. The Hall–Kier alpha value is -4.39. The number of nitrogen functional groups attached to an aromatic ring is 1. The largest absolute Gasteiger partial charge is 0.497 e. The first-order chi connectivity index (χ1) is 27.1. The molecule has 1 saturated heterocycles. The number of benzene rings is 2. The number of nitrogens with one attached hydrogen (secondary N) is 2. The highest BCUT2D eigenvalue weighted by Gasteiger charge is 2.55. The number of fused-ring (bicyclic) bond motifs is 2. The molecule has 7 rings (SSSR count). The molecule has 0 spiro atoms. The normalized spacial score (nSPS) is 24.1. The molecule has 4 aromatic rings. The first kappa shape index (κ1) is 40.8. The maximum absolute atomic E-state index is 13.0. The lowest BCUT2D eigenvalue weighted by molar-refractivity contribution is -0.161. The van der Waals surface area contributed by atoms with Gasteiger partial charge in [-0.15, -0.1) is 0 Å². The Bertz CT molecular complexity index is 2030. The molecular weight excluding hydrogens is 719 g/mol. The summed E-state index contributed by atoms with van der Waals surface area (Å²) < 4.78 is 26.7. The fourth-order valence-corrected chi connectivity index (χ4v) is 9.13. The van der Waals surface area contributed by atoms with Crippen LogP contribution in [0.15, 0.2) is 55.0 Å². The maximum Gasteiger partial charge on any atom is 0.224 e. The Labute approximate surface area is 338 Å². The molecule has 1 amide bonds. The molecule has 57 heavy (non-hydrogen) atoms.